The third kappa shape index (κ3) is 10.4. The lowest BCUT2D eigenvalue weighted by Gasteiger charge is -2.26. The van der Waals surface area contributed by atoms with E-state index in [4.69, 9.17) is 9.47 Å². The van der Waals surface area contributed by atoms with Crippen molar-refractivity contribution in [2.45, 2.75) is 39.0 Å². The molecule has 0 bridgehead atoms. The number of hydrogen-bond acceptors (Lipinski definition) is 5. The van der Waals surface area contributed by atoms with Crippen molar-refractivity contribution in [1.82, 2.24) is 15.5 Å². The van der Waals surface area contributed by atoms with E-state index in [1.165, 1.54) is 32.1 Å². The molecule has 8 heteroatoms. The zero-order chi connectivity index (χ0) is 22.3. The van der Waals surface area contributed by atoms with Gasteiger partial charge in [0, 0.05) is 31.9 Å². The number of rotatable bonds is 7. The lowest BCUT2D eigenvalue weighted by molar-refractivity contribution is -0.120. The summed E-state index contributed by atoms with van der Waals surface area (Å²) in [6, 6.07) is 7.31. The minimum Gasteiger partial charge on any atom is -0.497 e. The van der Waals surface area contributed by atoms with Gasteiger partial charge in [0.05, 0.1) is 26.9 Å². The van der Waals surface area contributed by atoms with Gasteiger partial charge in [0.1, 0.15) is 5.75 Å². The highest BCUT2D eigenvalue weighted by Gasteiger charge is 2.16. The summed E-state index contributed by atoms with van der Waals surface area (Å²) < 4.78 is 10.3. The first-order valence-electron chi connectivity index (χ1n) is 11.3. The van der Waals surface area contributed by atoms with Crippen LogP contribution >= 0.6 is 0 Å². The molecule has 31 heavy (non-hydrogen) atoms. The molecule has 3 amide bonds. The van der Waals surface area contributed by atoms with Crippen molar-refractivity contribution in [3.63, 3.8) is 0 Å². The Balaban J connectivity index is 0.000000412. The van der Waals surface area contributed by atoms with E-state index in [1.54, 1.807) is 12.0 Å². The Hall–Kier alpha value is -2.48. The molecule has 3 N–H and O–H groups in total. The molecule has 1 heterocycles. The normalized spacial score (nSPS) is 16.5. The highest BCUT2D eigenvalue weighted by Crippen LogP contribution is 2.22. The fraction of sp³-hybridized carbons (Fsp3) is 0.652. The highest BCUT2D eigenvalue weighted by atomic mass is 16.5. The van der Waals surface area contributed by atoms with Crippen LogP contribution in [0.2, 0.25) is 0 Å². The molecule has 1 aliphatic heterocycles. The van der Waals surface area contributed by atoms with Gasteiger partial charge in [-0.05, 0) is 30.2 Å². The second-order valence-electron chi connectivity index (χ2n) is 8.01. The van der Waals surface area contributed by atoms with Crippen molar-refractivity contribution >= 4 is 17.6 Å². The van der Waals surface area contributed by atoms with Gasteiger partial charge in [-0.2, -0.15) is 0 Å². The molecule has 0 unspecified atom stereocenters. The molecule has 0 radical (unpaired) electrons. The molecule has 0 aromatic heterocycles. The van der Waals surface area contributed by atoms with Gasteiger partial charge in [-0.25, -0.2) is 4.79 Å². The fourth-order valence-corrected chi connectivity index (χ4v) is 3.52. The number of morpholine rings is 1. The van der Waals surface area contributed by atoms with Gasteiger partial charge in [-0.1, -0.05) is 39.0 Å². The summed E-state index contributed by atoms with van der Waals surface area (Å²) in [5.74, 6) is 1.62. The molecule has 0 atom stereocenters. The number of carbonyl (C=O) groups is 2. The van der Waals surface area contributed by atoms with Crippen molar-refractivity contribution in [2.75, 3.05) is 58.4 Å². The fourth-order valence-electron chi connectivity index (χ4n) is 3.52. The maximum Gasteiger partial charge on any atom is 0.317 e. The number of nitrogens with one attached hydrogen (secondary N) is 3. The monoisotopic (exact) mass is 434 g/mol. The number of nitrogens with zero attached hydrogens (tertiary/aromatic N) is 1. The van der Waals surface area contributed by atoms with E-state index in [1.807, 2.05) is 24.3 Å². The summed E-state index contributed by atoms with van der Waals surface area (Å²) in [5, 5.41) is 8.55. The number of urea groups is 1. The molecular formula is C23H38N4O4. The standard InChI is InChI=1S/C16H24N4O4.C7H14/c1-23-14-4-2-13(3-5-14)17-6-7-18-15(21)12-19-16(22)20-8-10-24-11-9-20;1-7-5-3-2-4-6-7/h2-5,17H,6-12H2,1H3,(H,18,21)(H,19,22);7H,2-6H2,1H3. The maximum absolute atomic E-state index is 11.8. The van der Waals surface area contributed by atoms with Crippen molar-refractivity contribution in [3.8, 4) is 5.75 Å². The van der Waals surface area contributed by atoms with Gasteiger partial charge < -0.3 is 30.3 Å². The molecule has 2 fully saturated rings. The molecule has 3 rings (SSSR count). The van der Waals surface area contributed by atoms with Crippen LogP contribution in [0.15, 0.2) is 24.3 Å². The van der Waals surface area contributed by atoms with Crippen LogP contribution in [0.1, 0.15) is 39.0 Å². The van der Waals surface area contributed by atoms with Gasteiger partial charge >= 0.3 is 6.03 Å². The molecule has 0 spiro atoms. The maximum atomic E-state index is 11.8. The molecule has 1 aromatic carbocycles. The lowest BCUT2D eigenvalue weighted by Crippen LogP contribution is -2.48. The van der Waals surface area contributed by atoms with E-state index < -0.39 is 0 Å². The average molecular weight is 435 g/mol. The van der Waals surface area contributed by atoms with Crippen LogP contribution in [0.25, 0.3) is 0 Å². The minimum absolute atomic E-state index is 0.0290. The average Bonchev–Trinajstić information content (AvgIpc) is 2.82. The zero-order valence-corrected chi connectivity index (χ0v) is 19.0. The Bertz CT molecular complexity index is 641. The Labute approximate surface area is 186 Å². The predicted molar refractivity (Wildman–Crippen MR) is 123 cm³/mol. The number of amides is 3. The summed E-state index contributed by atoms with van der Waals surface area (Å²) in [7, 11) is 1.62. The smallest absolute Gasteiger partial charge is 0.317 e. The number of ether oxygens (including phenoxy) is 2. The van der Waals surface area contributed by atoms with Crippen LogP contribution in [0.5, 0.6) is 5.75 Å². The molecule has 174 valence electrons. The first-order chi connectivity index (χ1) is 15.1. The molecule has 1 aliphatic carbocycles. The van der Waals surface area contributed by atoms with E-state index in [9.17, 15) is 9.59 Å². The number of methoxy groups -OCH3 is 1. The van der Waals surface area contributed by atoms with Crippen LogP contribution in [-0.4, -0.2) is 69.9 Å². The quantitative estimate of drug-likeness (QED) is 0.574. The number of hydrogen-bond donors (Lipinski definition) is 3. The van der Waals surface area contributed by atoms with Crippen LogP contribution < -0.4 is 20.7 Å². The van der Waals surface area contributed by atoms with Gasteiger partial charge in [-0.15, -0.1) is 0 Å². The number of carbonyl (C=O) groups excluding carboxylic acids is 2. The van der Waals surface area contributed by atoms with Crippen LogP contribution in [0.4, 0.5) is 10.5 Å². The SMILES string of the molecule is CC1CCCCC1.COc1ccc(NCCNC(=O)CNC(=O)N2CCOCC2)cc1. The van der Waals surface area contributed by atoms with Crippen molar-refractivity contribution < 1.29 is 19.1 Å². The summed E-state index contributed by atoms with van der Waals surface area (Å²) in [5.41, 5.74) is 0.950. The molecule has 2 aliphatic rings. The first-order valence-corrected chi connectivity index (χ1v) is 11.3. The summed E-state index contributed by atoms with van der Waals surface area (Å²) in [4.78, 5) is 25.2. The van der Waals surface area contributed by atoms with Gasteiger partial charge in [-0.3, -0.25) is 4.79 Å². The van der Waals surface area contributed by atoms with E-state index >= 15 is 0 Å². The van der Waals surface area contributed by atoms with Crippen molar-refractivity contribution in [1.29, 1.82) is 0 Å². The van der Waals surface area contributed by atoms with Crippen molar-refractivity contribution in [2.24, 2.45) is 5.92 Å². The second-order valence-corrected chi connectivity index (χ2v) is 8.01. The third-order valence-corrected chi connectivity index (χ3v) is 5.46. The van der Waals surface area contributed by atoms with Crippen molar-refractivity contribution in [3.05, 3.63) is 24.3 Å². The molecule has 1 aromatic rings. The van der Waals surface area contributed by atoms with E-state index in [-0.39, 0.29) is 18.5 Å². The molecular weight excluding hydrogens is 396 g/mol. The van der Waals surface area contributed by atoms with Gasteiger partial charge in [0.15, 0.2) is 0 Å². The van der Waals surface area contributed by atoms with E-state index in [0.717, 1.165) is 17.4 Å². The lowest BCUT2D eigenvalue weighted by atomic mass is 9.91. The first kappa shape index (κ1) is 24.8. The highest BCUT2D eigenvalue weighted by molar-refractivity contribution is 5.83. The Morgan fingerprint density at radius 3 is 2.29 bits per heavy atom. The van der Waals surface area contributed by atoms with Crippen LogP contribution in [0, 0.1) is 5.92 Å². The van der Waals surface area contributed by atoms with Crippen LogP contribution in [0.3, 0.4) is 0 Å². The third-order valence-electron chi connectivity index (χ3n) is 5.46. The largest absolute Gasteiger partial charge is 0.497 e. The predicted octanol–water partition coefficient (Wildman–Crippen LogP) is 2.85. The topological polar surface area (TPSA) is 91.9 Å². The summed E-state index contributed by atoms with van der Waals surface area (Å²) in [6.45, 7) is 5.58. The summed E-state index contributed by atoms with van der Waals surface area (Å²) >= 11 is 0. The number of anilines is 1. The van der Waals surface area contributed by atoms with Crippen LogP contribution in [-0.2, 0) is 9.53 Å². The molecule has 1 saturated carbocycles. The Morgan fingerprint density at radius 2 is 1.71 bits per heavy atom. The zero-order valence-electron chi connectivity index (χ0n) is 19.0. The molecule has 8 nitrogen and oxygen atoms in total. The van der Waals surface area contributed by atoms with E-state index in [0.29, 0.717) is 39.4 Å². The number of benzene rings is 1. The van der Waals surface area contributed by atoms with Gasteiger partial charge in [0.25, 0.3) is 0 Å². The van der Waals surface area contributed by atoms with Gasteiger partial charge in [0.2, 0.25) is 5.91 Å². The van der Waals surface area contributed by atoms with E-state index in [2.05, 4.69) is 22.9 Å². The summed E-state index contributed by atoms with van der Waals surface area (Å²) in [6.07, 6.45) is 7.44. The minimum atomic E-state index is -0.232. The molecule has 1 saturated heterocycles. The Morgan fingerprint density at radius 1 is 1.03 bits per heavy atom. The second kappa shape index (κ2) is 14.5. The Kier molecular flexibility index (Phi) is 11.6.